The van der Waals surface area contributed by atoms with Gasteiger partial charge >= 0.3 is 5.97 Å². The molecule has 0 bridgehead atoms. The minimum Gasteiger partial charge on any atom is -0.489 e. The minimum absolute atomic E-state index is 0.265. The van der Waals surface area contributed by atoms with Crippen LogP contribution in [0.25, 0.3) is 0 Å². The largest absolute Gasteiger partial charge is 0.489 e. The molecule has 0 saturated heterocycles. The summed E-state index contributed by atoms with van der Waals surface area (Å²) in [4.78, 5) is 10.9. The zero-order valence-corrected chi connectivity index (χ0v) is 17.6. The molecule has 0 amide bonds. The molecule has 4 nitrogen and oxygen atoms in total. The molecule has 150 valence electrons. The van der Waals surface area contributed by atoms with E-state index in [1.165, 1.54) is 0 Å². The van der Waals surface area contributed by atoms with E-state index in [9.17, 15) is 4.79 Å². The molecule has 0 aliphatic rings. The third-order valence-electron chi connectivity index (χ3n) is 4.25. The molecule has 0 radical (unpaired) electrons. The maximum atomic E-state index is 10.9. The van der Waals surface area contributed by atoms with Crippen LogP contribution in [0, 0.1) is 0 Å². The molecular formula is C22H18Cl3NO3. The van der Waals surface area contributed by atoms with Gasteiger partial charge in [-0.1, -0.05) is 53.0 Å². The average molecular weight is 451 g/mol. The van der Waals surface area contributed by atoms with Crippen LogP contribution in [0.3, 0.4) is 0 Å². The van der Waals surface area contributed by atoms with Crippen LogP contribution < -0.4 is 10.1 Å². The molecule has 0 aliphatic heterocycles. The van der Waals surface area contributed by atoms with E-state index in [4.69, 9.17) is 44.6 Å². The van der Waals surface area contributed by atoms with Crippen LogP contribution in [-0.4, -0.2) is 11.1 Å². The van der Waals surface area contributed by atoms with Gasteiger partial charge in [0.15, 0.2) is 0 Å². The Kier molecular flexibility index (Phi) is 7.40. The van der Waals surface area contributed by atoms with Gasteiger partial charge in [-0.25, -0.2) is 4.79 Å². The van der Waals surface area contributed by atoms with Crippen molar-refractivity contribution in [2.24, 2.45) is 0 Å². The highest BCUT2D eigenvalue weighted by Gasteiger charge is 2.07. The van der Waals surface area contributed by atoms with Crippen molar-refractivity contribution in [2.45, 2.75) is 19.7 Å². The number of carboxylic acid groups (broad SMARTS) is 1. The monoisotopic (exact) mass is 449 g/mol. The van der Waals surface area contributed by atoms with Crippen LogP contribution in [0.1, 0.15) is 27.0 Å². The van der Waals surface area contributed by atoms with E-state index in [0.29, 0.717) is 40.5 Å². The molecular weight excluding hydrogens is 433 g/mol. The molecule has 7 heteroatoms. The van der Waals surface area contributed by atoms with E-state index in [-0.39, 0.29) is 5.56 Å². The first-order valence-electron chi connectivity index (χ1n) is 8.80. The number of rotatable bonds is 8. The van der Waals surface area contributed by atoms with E-state index in [1.807, 2.05) is 18.2 Å². The maximum Gasteiger partial charge on any atom is 0.335 e. The van der Waals surface area contributed by atoms with Crippen LogP contribution in [0.2, 0.25) is 15.1 Å². The van der Waals surface area contributed by atoms with Crippen LogP contribution in [-0.2, 0) is 19.7 Å². The summed E-state index contributed by atoms with van der Waals surface area (Å²) >= 11 is 18.1. The molecule has 0 spiro atoms. The topological polar surface area (TPSA) is 58.6 Å². The summed E-state index contributed by atoms with van der Waals surface area (Å²) in [7, 11) is 0. The standard InChI is InChI=1S/C22H18Cl3NO3/c23-18-6-8-21(29-13-15-3-7-19(24)20(25)9-15)17(10-18)12-26-11-14-1-4-16(5-2-14)22(27)28/h1-10,26H,11-13H2,(H,27,28). The smallest absolute Gasteiger partial charge is 0.335 e. The van der Waals surface area contributed by atoms with Crippen LogP contribution in [0.4, 0.5) is 0 Å². The second-order valence-electron chi connectivity index (χ2n) is 6.39. The molecule has 3 rings (SSSR count). The van der Waals surface area contributed by atoms with Gasteiger partial charge in [-0.3, -0.25) is 0 Å². The van der Waals surface area contributed by atoms with Gasteiger partial charge in [0.1, 0.15) is 12.4 Å². The summed E-state index contributed by atoms with van der Waals surface area (Å²) in [6.45, 7) is 1.47. The van der Waals surface area contributed by atoms with Crippen molar-refractivity contribution in [3.63, 3.8) is 0 Å². The Labute approximate surface area is 184 Å². The fourth-order valence-corrected chi connectivity index (χ4v) is 3.24. The first kappa shape index (κ1) is 21.5. The highest BCUT2D eigenvalue weighted by molar-refractivity contribution is 6.42. The Bertz CT molecular complexity index is 1010. The van der Waals surface area contributed by atoms with Gasteiger partial charge in [-0.05, 0) is 53.6 Å². The lowest BCUT2D eigenvalue weighted by molar-refractivity contribution is 0.0697. The lowest BCUT2D eigenvalue weighted by Gasteiger charge is -2.13. The van der Waals surface area contributed by atoms with E-state index in [0.717, 1.165) is 16.7 Å². The molecule has 3 aromatic rings. The first-order valence-corrected chi connectivity index (χ1v) is 9.94. The number of halogens is 3. The van der Waals surface area contributed by atoms with Crippen LogP contribution in [0.5, 0.6) is 5.75 Å². The maximum absolute atomic E-state index is 10.9. The molecule has 3 aromatic carbocycles. The number of carbonyl (C=O) groups is 1. The first-order chi connectivity index (χ1) is 13.9. The summed E-state index contributed by atoms with van der Waals surface area (Å²) in [6, 6.07) is 17.6. The van der Waals surface area contributed by atoms with Gasteiger partial charge in [0.05, 0.1) is 15.6 Å². The van der Waals surface area contributed by atoms with Gasteiger partial charge in [-0.2, -0.15) is 0 Å². The summed E-state index contributed by atoms with van der Waals surface area (Å²) in [5, 5.41) is 13.9. The molecule has 0 atom stereocenters. The average Bonchev–Trinajstić information content (AvgIpc) is 2.70. The summed E-state index contributed by atoms with van der Waals surface area (Å²) in [5.74, 6) is -0.221. The highest BCUT2D eigenvalue weighted by atomic mass is 35.5. The normalized spacial score (nSPS) is 10.7. The van der Waals surface area contributed by atoms with E-state index in [2.05, 4.69) is 5.32 Å². The Balaban J connectivity index is 1.62. The number of benzene rings is 3. The van der Waals surface area contributed by atoms with Crippen molar-refractivity contribution in [1.82, 2.24) is 5.32 Å². The lowest BCUT2D eigenvalue weighted by Crippen LogP contribution is -2.14. The van der Waals surface area contributed by atoms with Crippen molar-refractivity contribution in [3.8, 4) is 5.75 Å². The quantitative estimate of drug-likeness (QED) is 0.428. The van der Waals surface area contributed by atoms with Crippen LogP contribution >= 0.6 is 34.8 Å². The van der Waals surface area contributed by atoms with Gasteiger partial charge < -0.3 is 15.2 Å². The van der Waals surface area contributed by atoms with Gasteiger partial charge in [0, 0.05) is 23.7 Å². The number of hydrogen-bond donors (Lipinski definition) is 2. The van der Waals surface area contributed by atoms with Crippen LogP contribution in [0.15, 0.2) is 60.7 Å². The molecule has 0 fully saturated rings. The van der Waals surface area contributed by atoms with E-state index in [1.54, 1.807) is 42.5 Å². The Morgan fingerprint density at radius 2 is 1.59 bits per heavy atom. The number of hydrogen-bond acceptors (Lipinski definition) is 3. The molecule has 0 aromatic heterocycles. The molecule has 0 unspecified atom stereocenters. The van der Waals surface area contributed by atoms with Gasteiger partial charge in [0.2, 0.25) is 0 Å². The zero-order chi connectivity index (χ0) is 20.8. The predicted octanol–water partition coefficient (Wildman–Crippen LogP) is 6.21. The Morgan fingerprint density at radius 3 is 2.28 bits per heavy atom. The zero-order valence-electron chi connectivity index (χ0n) is 15.3. The van der Waals surface area contributed by atoms with Crippen molar-refractivity contribution in [2.75, 3.05) is 0 Å². The van der Waals surface area contributed by atoms with E-state index < -0.39 is 5.97 Å². The number of carboxylic acids is 1. The minimum atomic E-state index is -0.938. The highest BCUT2D eigenvalue weighted by Crippen LogP contribution is 2.26. The number of aromatic carboxylic acids is 1. The fraction of sp³-hybridized carbons (Fsp3) is 0.136. The van der Waals surface area contributed by atoms with Crippen molar-refractivity contribution >= 4 is 40.8 Å². The summed E-state index contributed by atoms with van der Waals surface area (Å²) in [5.41, 5.74) is 3.07. The van der Waals surface area contributed by atoms with Gasteiger partial charge in [0.25, 0.3) is 0 Å². The van der Waals surface area contributed by atoms with Crippen molar-refractivity contribution in [1.29, 1.82) is 0 Å². The SMILES string of the molecule is O=C(O)c1ccc(CNCc2cc(Cl)ccc2OCc2ccc(Cl)c(Cl)c2)cc1. The Hall–Kier alpha value is -2.24. The summed E-state index contributed by atoms with van der Waals surface area (Å²) in [6.07, 6.45) is 0. The van der Waals surface area contributed by atoms with Crippen molar-refractivity contribution in [3.05, 3.63) is 98.0 Å². The van der Waals surface area contributed by atoms with Crippen molar-refractivity contribution < 1.29 is 14.6 Å². The molecule has 0 saturated carbocycles. The number of ether oxygens (including phenoxy) is 1. The second-order valence-corrected chi connectivity index (χ2v) is 7.65. The molecule has 2 N–H and O–H groups in total. The Morgan fingerprint density at radius 1 is 0.862 bits per heavy atom. The molecule has 0 aliphatic carbocycles. The van der Waals surface area contributed by atoms with Gasteiger partial charge in [-0.15, -0.1) is 0 Å². The van der Waals surface area contributed by atoms with E-state index >= 15 is 0 Å². The summed E-state index contributed by atoms with van der Waals surface area (Å²) < 4.78 is 5.95. The lowest BCUT2D eigenvalue weighted by atomic mass is 10.1. The molecule has 29 heavy (non-hydrogen) atoms. The third-order valence-corrected chi connectivity index (χ3v) is 5.22. The predicted molar refractivity (Wildman–Crippen MR) is 116 cm³/mol. The number of nitrogens with one attached hydrogen (secondary N) is 1. The third kappa shape index (κ3) is 6.12. The molecule has 0 heterocycles. The fourth-order valence-electron chi connectivity index (χ4n) is 2.72. The second kappa shape index (κ2) is 9.99.